The fourth-order valence-electron chi connectivity index (χ4n) is 5.52. The van der Waals surface area contributed by atoms with Crippen molar-refractivity contribution in [1.82, 2.24) is 0 Å². The van der Waals surface area contributed by atoms with Gasteiger partial charge in [-0.05, 0) is 57.4 Å². The van der Waals surface area contributed by atoms with Gasteiger partial charge < -0.3 is 23.7 Å². The molecule has 0 fully saturated rings. The average Bonchev–Trinajstić information content (AvgIpc) is 3.01. The highest BCUT2D eigenvalue weighted by Crippen LogP contribution is 2.44. The summed E-state index contributed by atoms with van der Waals surface area (Å²) in [5, 5.41) is 2.58. The maximum atomic E-state index is 13.5. The summed E-state index contributed by atoms with van der Waals surface area (Å²) in [6.07, 6.45) is 2.74. The van der Waals surface area contributed by atoms with Crippen LogP contribution in [0, 0.1) is 0 Å². The molecular weight excluding hydrogens is 584 g/mol. The number of ketones is 1. The van der Waals surface area contributed by atoms with E-state index in [9.17, 15) is 14.4 Å². The van der Waals surface area contributed by atoms with E-state index in [4.69, 9.17) is 35.3 Å². The van der Waals surface area contributed by atoms with Crippen LogP contribution in [0.2, 0.25) is 5.02 Å². The van der Waals surface area contributed by atoms with Gasteiger partial charge in [0.15, 0.2) is 5.78 Å². The molecule has 3 aromatic carbocycles. The molecule has 1 aliphatic rings. The Balaban J connectivity index is 1.49. The highest BCUT2D eigenvalue weighted by atomic mass is 35.5. The largest absolute Gasteiger partial charge is 0.493 e. The third-order valence-corrected chi connectivity index (χ3v) is 7.96. The predicted molar refractivity (Wildman–Crippen MR) is 169 cm³/mol. The number of ether oxygens (including phenoxy) is 5. The highest BCUT2D eigenvalue weighted by Gasteiger charge is 2.42. The molecule has 0 spiro atoms. The summed E-state index contributed by atoms with van der Waals surface area (Å²) in [4.78, 5) is 38.0. The molecule has 0 saturated carbocycles. The summed E-state index contributed by atoms with van der Waals surface area (Å²) >= 11 is 6.34. The Morgan fingerprint density at radius 3 is 2.09 bits per heavy atom. The number of carbonyl (C=O) groups is 3. The lowest BCUT2D eigenvalue weighted by molar-refractivity contribution is -0.145. The van der Waals surface area contributed by atoms with Gasteiger partial charge in [-0.25, -0.2) is 0 Å². The summed E-state index contributed by atoms with van der Waals surface area (Å²) in [6, 6.07) is 15.1. The normalized spacial score (nSPS) is 13.6. The molecule has 0 radical (unpaired) electrons. The monoisotopic (exact) mass is 624 g/mol. The molecule has 1 heterocycles. The molecule has 44 heavy (non-hydrogen) atoms. The van der Waals surface area contributed by atoms with E-state index in [-0.39, 0.29) is 63.0 Å². The lowest BCUT2D eigenvalue weighted by Crippen LogP contribution is -2.43. The van der Waals surface area contributed by atoms with E-state index in [0.717, 1.165) is 28.5 Å². The number of rotatable bonds is 16. The Labute approximate surface area is 263 Å². The maximum absolute atomic E-state index is 13.5. The van der Waals surface area contributed by atoms with Crippen LogP contribution in [-0.2, 0) is 25.5 Å². The van der Waals surface area contributed by atoms with E-state index in [1.807, 2.05) is 49.4 Å². The first-order valence-corrected chi connectivity index (χ1v) is 15.8. The molecule has 3 aromatic rings. The van der Waals surface area contributed by atoms with Crippen molar-refractivity contribution in [2.75, 3.05) is 26.4 Å². The first-order chi connectivity index (χ1) is 21.3. The minimum absolute atomic E-state index is 0.0568. The fourth-order valence-corrected chi connectivity index (χ4v) is 5.75. The van der Waals surface area contributed by atoms with Crippen molar-refractivity contribution in [3.63, 3.8) is 0 Å². The number of esters is 2. The molecular formula is C35H41ClO8. The van der Waals surface area contributed by atoms with Crippen LogP contribution in [-0.4, -0.2) is 49.8 Å². The SMILES string of the molecule is CCCc1c(OCCCOc2ccc(Cl)c3ccccc23)ccc2c1OC(CCC(=O)OCC)(CCC(=O)OCC)CC2=O. The zero-order valence-corrected chi connectivity index (χ0v) is 26.5. The van der Waals surface area contributed by atoms with Crippen molar-refractivity contribution < 1.29 is 38.1 Å². The molecule has 4 rings (SSSR count). The van der Waals surface area contributed by atoms with Crippen molar-refractivity contribution in [3.05, 3.63) is 64.7 Å². The molecule has 0 aliphatic carbocycles. The molecule has 0 saturated heterocycles. The molecule has 0 bridgehead atoms. The summed E-state index contributed by atoms with van der Waals surface area (Å²) in [5.41, 5.74) is 0.251. The number of benzene rings is 3. The second-order valence-electron chi connectivity index (χ2n) is 10.8. The van der Waals surface area contributed by atoms with Gasteiger partial charge >= 0.3 is 11.9 Å². The summed E-state index contributed by atoms with van der Waals surface area (Å²) in [7, 11) is 0. The minimum atomic E-state index is -1.04. The van der Waals surface area contributed by atoms with Crippen molar-refractivity contribution in [2.45, 2.75) is 77.7 Å². The van der Waals surface area contributed by atoms with Crippen LogP contribution in [0.1, 0.15) is 81.6 Å². The van der Waals surface area contributed by atoms with E-state index in [2.05, 4.69) is 0 Å². The first-order valence-electron chi connectivity index (χ1n) is 15.4. The number of hydrogen-bond donors (Lipinski definition) is 0. The zero-order valence-electron chi connectivity index (χ0n) is 25.7. The standard InChI is InChI=1S/C35H41ClO8/c1-4-10-27-31(43-22-9-21-42-30-16-14-28(36)24-11-7-8-12-25(24)30)15-13-26-29(37)23-35(44-34(26)27,19-17-32(38)40-5-2)20-18-33(39)41-6-3/h7-8,11-16H,4-6,9-10,17-23H2,1-3H3. The van der Waals surface area contributed by atoms with E-state index in [1.54, 1.807) is 19.9 Å². The fraction of sp³-hybridized carbons (Fsp3) is 0.457. The maximum Gasteiger partial charge on any atom is 0.305 e. The average molecular weight is 625 g/mol. The van der Waals surface area contributed by atoms with Gasteiger partial charge in [-0.3, -0.25) is 14.4 Å². The number of Topliss-reactive ketones (excluding diaryl/α,β-unsaturated/α-hetero) is 1. The molecule has 236 valence electrons. The molecule has 9 heteroatoms. The predicted octanol–water partition coefficient (Wildman–Crippen LogP) is 7.68. The van der Waals surface area contributed by atoms with Crippen LogP contribution in [0.4, 0.5) is 0 Å². The van der Waals surface area contributed by atoms with Crippen LogP contribution >= 0.6 is 11.6 Å². The van der Waals surface area contributed by atoms with Gasteiger partial charge in [-0.1, -0.05) is 49.2 Å². The third kappa shape index (κ3) is 8.23. The second-order valence-corrected chi connectivity index (χ2v) is 11.2. The van der Waals surface area contributed by atoms with Gasteiger partial charge in [0.1, 0.15) is 22.8 Å². The summed E-state index contributed by atoms with van der Waals surface area (Å²) in [6.45, 7) is 6.91. The van der Waals surface area contributed by atoms with Crippen molar-refractivity contribution in [1.29, 1.82) is 0 Å². The number of fused-ring (bicyclic) bond motifs is 2. The first kappa shape index (κ1) is 33.1. The second kappa shape index (κ2) is 15.8. The van der Waals surface area contributed by atoms with Crippen molar-refractivity contribution in [3.8, 4) is 17.2 Å². The molecule has 0 N–H and O–H groups in total. The van der Waals surface area contributed by atoms with Crippen LogP contribution in [0.15, 0.2) is 48.5 Å². The Morgan fingerprint density at radius 2 is 1.45 bits per heavy atom. The van der Waals surface area contributed by atoms with Crippen LogP contribution in [0.5, 0.6) is 17.2 Å². The van der Waals surface area contributed by atoms with E-state index in [1.165, 1.54) is 0 Å². The Bertz CT molecular complexity index is 1440. The Hall–Kier alpha value is -3.78. The zero-order chi connectivity index (χ0) is 31.5. The van der Waals surface area contributed by atoms with E-state index in [0.29, 0.717) is 48.1 Å². The van der Waals surface area contributed by atoms with Crippen molar-refractivity contribution >= 4 is 40.1 Å². The number of halogens is 1. The Kier molecular flexibility index (Phi) is 11.9. The van der Waals surface area contributed by atoms with E-state index < -0.39 is 5.60 Å². The highest BCUT2D eigenvalue weighted by molar-refractivity contribution is 6.35. The number of carbonyl (C=O) groups excluding carboxylic acids is 3. The number of hydrogen-bond acceptors (Lipinski definition) is 8. The quantitative estimate of drug-likeness (QED) is 0.118. The van der Waals surface area contributed by atoms with Crippen LogP contribution in [0.25, 0.3) is 10.8 Å². The molecule has 0 atom stereocenters. The molecule has 8 nitrogen and oxygen atoms in total. The molecule has 0 aromatic heterocycles. The molecule has 0 unspecified atom stereocenters. The minimum Gasteiger partial charge on any atom is -0.493 e. The molecule has 1 aliphatic heterocycles. The lowest BCUT2D eigenvalue weighted by atomic mass is 9.82. The van der Waals surface area contributed by atoms with Gasteiger partial charge in [-0.2, -0.15) is 0 Å². The Morgan fingerprint density at radius 1 is 0.841 bits per heavy atom. The van der Waals surface area contributed by atoms with Gasteiger partial charge in [0.2, 0.25) is 0 Å². The van der Waals surface area contributed by atoms with Gasteiger partial charge in [0.05, 0.1) is 38.4 Å². The third-order valence-electron chi connectivity index (χ3n) is 7.63. The van der Waals surface area contributed by atoms with E-state index >= 15 is 0 Å². The summed E-state index contributed by atoms with van der Waals surface area (Å²) < 4.78 is 29.2. The topological polar surface area (TPSA) is 97.4 Å². The summed E-state index contributed by atoms with van der Waals surface area (Å²) in [5.74, 6) is 1.04. The van der Waals surface area contributed by atoms with Gasteiger partial charge in [-0.15, -0.1) is 0 Å². The van der Waals surface area contributed by atoms with Gasteiger partial charge in [0.25, 0.3) is 0 Å². The van der Waals surface area contributed by atoms with Crippen LogP contribution < -0.4 is 14.2 Å². The van der Waals surface area contributed by atoms with Crippen molar-refractivity contribution in [2.24, 2.45) is 0 Å². The molecule has 0 amide bonds. The lowest BCUT2D eigenvalue weighted by Gasteiger charge is -2.39. The van der Waals surface area contributed by atoms with Gasteiger partial charge in [0, 0.05) is 40.6 Å². The van der Waals surface area contributed by atoms with Crippen LogP contribution in [0.3, 0.4) is 0 Å². The smallest absolute Gasteiger partial charge is 0.305 e.